The summed E-state index contributed by atoms with van der Waals surface area (Å²) < 4.78 is 27.6. The van der Waals surface area contributed by atoms with Crippen molar-refractivity contribution in [3.05, 3.63) is 71.2 Å². The molecule has 0 atom stereocenters. The van der Waals surface area contributed by atoms with Gasteiger partial charge in [0.2, 0.25) is 0 Å². The van der Waals surface area contributed by atoms with Gasteiger partial charge in [-0.3, -0.25) is 4.72 Å². The smallest absolute Gasteiger partial charge is 0.261 e. The lowest BCUT2D eigenvalue weighted by Crippen LogP contribution is -2.13. The predicted octanol–water partition coefficient (Wildman–Crippen LogP) is 4.60. The molecule has 0 aromatic heterocycles. The molecule has 0 aliphatic carbocycles. The van der Waals surface area contributed by atoms with Crippen molar-refractivity contribution in [2.75, 3.05) is 4.72 Å². The maximum absolute atomic E-state index is 12.5. The summed E-state index contributed by atoms with van der Waals surface area (Å²) in [6.45, 7) is 1.91. The van der Waals surface area contributed by atoms with Crippen LogP contribution in [0.1, 0.15) is 5.56 Å². The molecule has 0 saturated carbocycles. The molecule has 22 heavy (non-hydrogen) atoms. The van der Waals surface area contributed by atoms with Gasteiger partial charge in [0.05, 0.1) is 10.6 Å². The van der Waals surface area contributed by atoms with Gasteiger partial charge in [-0.25, -0.2) is 8.42 Å². The Morgan fingerprint density at radius 2 is 1.50 bits per heavy atom. The summed E-state index contributed by atoms with van der Waals surface area (Å²) in [5, 5.41) is 2.17. The first-order valence-corrected chi connectivity index (χ1v) is 8.60. The standard InChI is InChI=1S/C17H14ClNO2S/c1-12-6-8-13(9-7-12)22(20,21)19-17-11-10-16(18)14-4-2-3-5-15(14)17/h2-11,19H,1H3. The SMILES string of the molecule is Cc1ccc(S(=O)(=O)Nc2ccc(Cl)c3ccccc23)cc1. The van der Waals surface area contributed by atoms with Crippen LogP contribution in [0.5, 0.6) is 0 Å². The van der Waals surface area contributed by atoms with Gasteiger partial charge in [0, 0.05) is 15.8 Å². The summed E-state index contributed by atoms with van der Waals surface area (Å²) in [6, 6.07) is 17.5. The van der Waals surface area contributed by atoms with E-state index in [-0.39, 0.29) is 4.90 Å². The topological polar surface area (TPSA) is 46.2 Å². The molecule has 0 unspecified atom stereocenters. The van der Waals surface area contributed by atoms with Crippen molar-refractivity contribution >= 4 is 38.1 Å². The average molecular weight is 332 g/mol. The second-order valence-electron chi connectivity index (χ2n) is 5.06. The summed E-state index contributed by atoms with van der Waals surface area (Å²) in [4.78, 5) is 0.233. The molecular weight excluding hydrogens is 318 g/mol. The van der Waals surface area contributed by atoms with Crippen LogP contribution in [0, 0.1) is 6.92 Å². The van der Waals surface area contributed by atoms with Gasteiger partial charge in [0.25, 0.3) is 10.0 Å². The molecule has 0 aliphatic rings. The largest absolute Gasteiger partial charge is 0.279 e. The fraction of sp³-hybridized carbons (Fsp3) is 0.0588. The van der Waals surface area contributed by atoms with Gasteiger partial charge in [-0.2, -0.15) is 0 Å². The number of halogens is 1. The summed E-state index contributed by atoms with van der Waals surface area (Å²) in [6.07, 6.45) is 0. The van der Waals surface area contributed by atoms with E-state index in [9.17, 15) is 8.42 Å². The van der Waals surface area contributed by atoms with Crippen molar-refractivity contribution in [2.45, 2.75) is 11.8 Å². The van der Waals surface area contributed by atoms with E-state index in [1.54, 1.807) is 36.4 Å². The normalized spacial score (nSPS) is 11.5. The van der Waals surface area contributed by atoms with E-state index >= 15 is 0 Å². The molecule has 0 heterocycles. The van der Waals surface area contributed by atoms with E-state index in [2.05, 4.69) is 4.72 Å². The lowest BCUT2D eigenvalue weighted by Gasteiger charge is -2.12. The Bertz CT molecular complexity index is 935. The molecule has 3 nitrogen and oxygen atoms in total. The molecule has 5 heteroatoms. The van der Waals surface area contributed by atoms with Crippen molar-refractivity contribution in [3.63, 3.8) is 0 Å². The van der Waals surface area contributed by atoms with Gasteiger partial charge in [0.15, 0.2) is 0 Å². The highest BCUT2D eigenvalue weighted by Gasteiger charge is 2.15. The highest BCUT2D eigenvalue weighted by atomic mass is 35.5. The number of aryl methyl sites for hydroxylation is 1. The molecule has 1 N–H and O–H groups in total. The van der Waals surface area contributed by atoms with Crippen LogP contribution in [-0.2, 0) is 10.0 Å². The number of nitrogens with one attached hydrogen (secondary N) is 1. The molecule has 0 bridgehead atoms. The number of fused-ring (bicyclic) bond motifs is 1. The van der Waals surface area contributed by atoms with E-state index < -0.39 is 10.0 Å². The van der Waals surface area contributed by atoms with E-state index in [0.29, 0.717) is 10.7 Å². The van der Waals surface area contributed by atoms with Crippen molar-refractivity contribution in [2.24, 2.45) is 0 Å². The number of hydrogen-bond donors (Lipinski definition) is 1. The Morgan fingerprint density at radius 3 is 2.18 bits per heavy atom. The summed E-state index contributed by atoms with van der Waals surface area (Å²) in [7, 11) is -3.63. The number of hydrogen-bond acceptors (Lipinski definition) is 2. The molecule has 0 saturated heterocycles. The van der Waals surface area contributed by atoms with Crippen LogP contribution < -0.4 is 4.72 Å². The van der Waals surface area contributed by atoms with Crippen LogP contribution in [-0.4, -0.2) is 8.42 Å². The number of anilines is 1. The third kappa shape index (κ3) is 2.80. The number of benzene rings is 3. The quantitative estimate of drug-likeness (QED) is 0.762. The minimum Gasteiger partial charge on any atom is -0.279 e. The van der Waals surface area contributed by atoms with E-state index in [1.165, 1.54) is 0 Å². The zero-order valence-corrected chi connectivity index (χ0v) is 13.4. The molecule has 0 aliphatic heterocycles. The zero-order valence-electron chi connectivity index (χ0n) is 11.9. The first kappa shape index (κ1) is 14.9. The van der Waals surface area contributed by atoms with Crippen molar-refractivity contribution in [3.8, 4) is 0 Å². The van der Waals surface area contributed by atoms with Crippen LogP contribution in [0.2, 0.25) is 5.02 Å². The Kier molecular flexibility index (Phi) is 3.81. The Labute approximate surface area is 134 Å². The Hall–Kier alpha value is -2.04. The van der Waals surface area contributed by atoms with E-state index in [1.807, 2.05) is 31.2 Å². The molecule has 3 aromatic rings. The first-order valence-electron chi connectivity index (χ1n) is 6.74. The number of sulfonamides is 1. The minimum atomic E-state index is -3.63. The third-order valence-corrected chi connectivity index (χ3v) is 5.16. The summed E-state index contributed by atoms with van der Waals surface area (Å²) in [5.74, 6) is 0. The maximum atomic E-state index is 12.5. The summed E-state index contributed by atoms with van der Waals surface area (Å²) >= 11 is 6.16. The van der Waals surface area contributed by atoms with Gasteiger partial charge in [-0.05, 0) is 31.2 Å². The van der Waals surface area contributed by atoms with Gasteiger partial charge in [0.1, 0.15) is 0 Å². The molecule has 112 valence electrons. The molecule has 3 aromatic carbocycles. The van der Waals surface area contributed by atoms with Crippen LogP contribution in [0.4, 0.5) is 5.69 Å². The predicted molar refractivity (Wildman–Crippen MR) is 90.9 cm³/mol. The van der Waals surface area contributed by atoms with E-state index in [0.717, 1.165) is 16.3 Å². The van der Waals surface area contributed by atoms with Gasteiger partial charge in [-0.15, -0.1) is 0 Å². The maximum Gasteiger partial charge on any atom is 0.261 e. The second kappa shape index (κ2) is 5.63. The molecule has 0 fully saturated rings. The number of rotatable bonds is 3. The summed E-state index contributed by atoms with van der Waals surface area (Å²) in [5.41, 5.74) is 1.52. The third-order valence-electron chi connectivity index (χ3n) is 3.45. The molecule has 3 rings (SSSR count). The molecule has 0 radical (unpaired) electrons. The van der Waals surface area contributed by atoms with Crippen LogP contribution in [0.3, 0.4) is 0 Å². The Morgan fingerprint density at radius 1 is 0.864 bits per heavy atom. The fourth-order valence-electron chi connectivity index (χ4n) is 2.27. The minimum absolute atomic E-state index is 0.233. The Balaban J connectivity index is 2.06. The lowest BCUT2D eigenvalue weighted by molar-refractivity contribution is 0.601. The second-order valence-corrected chi connectivity index (χ2v) is 7.15. The monoisotopic (exact) mass is 331 g/mol. The van der Waals surface area contributed by atoms with Crippen LogP contribution >= 0.6 is 11.6 Å². The highest BCUT2D eigenvalue weighted by Crippen LogP contribution is 2.31. The van der Waals surface area contributed by atoms with Crippen molar-refractivity contribution < 1.29 is 8.42 Å². The average Bonchev–Trinajstić information content (AvgIpc) is 2.51. The molecule has 0 spiro atoms. The van der Waals surface area contributed by atoms with Gasteiger partial charge in [-0.1, -0.05) is 53.6 Å². The fourth-order valence-corrected chi connectivity index (χ4v) is 3.58. The zero-order chi connectivity index (χ0) is 15.7. The lowest BCUT2D eigenvalue weighted by atomic mass is 10.1. The highest BCUT2D eigenvalue weighted by molar-refractivity contribution is 7.92. The van der Waals surface area contributed by atoms with Gasteiger partial charge < -0.3 is 0 Å². The van der Waals surface area contributed by atoms with Crippen LogP contribution in [0.25, 0.3) is 10.8 Å². The molecule has 0 amide bonds. The van der Waals surface area contributed by atoms with Crippen molar-refractivity contribution in [1.29, 1.82) is 0 Å². The van der Waals surface area contributed by atoms with E-state index in [4.69, 9.17) is 11.6 Å². The van der Waals surface area contributed by atoms with Gasteiger partial charge >= 0.3 is 0 Å². The van der Waals surface area contributed by atoms with Crippen molar-refractivity contribution in [1.82, 2.24) is 0 Å². The van der Waals surface area contributed by atoms with Crippen LogP contribution in [0.15, 0.2) is 65.6 Å². The molecular formula is C17H14ClNO2S. The first-order chi connectivity index (χ1) is 10.5.